The molecule has 2 fully saturated rings. The van der Waals surface area contributed by atoms with E-state index >= 15 is 0 Å². The number of esters is 1. The topological polar surface area (TPSA) is 67.6 Å². The first kappa shape index (κ1) is 14.4. The maximum absolute atomic E-state index is 11.7. The van der Waals surface area contributed by atoms with Crippen LogP contribution in [0.3, 0.4) is 0 Å². The molecule has 0 bridgehead atoms. The van der Waals surface area contributed by atoms with Crippen molar-refractivity contribution in [2.75, 3.05) is 31.1 Å². The summed E-state index contributed by atoms with van der Waals surface area (Å²) in [7, 11) is 0. The van der Waals surface area contributed by atoms with Gasteiger partial charge in [-0.15, -0.1) is 0 Å². The first-order chi connectivity index (χ1) is 10.3. The largest absolute Gasteiger partial charge is 0.461 e. The summed E-state index contributed by atoms with van der Waals surface area (Å²) in [5, 5.41) is 3.39. The van der Waals surface area contributed by atoms with Crippen molar-refractivity contribution in [3.05, 3.63) is 12.0 Å². The Morgan fingerprint density at radius 1 is 1.43 bits per heavy atom. The van der Waals surface area contributed by atoms with Crippen molar-refractivity contribution in [2.24, 2.45) is 5.92 Å². The highest BCUT2D eigenvalue weighted by atomic mass is 16.5. The SMILES string of the molecule is CCOC(=O)c1coc(N(CC2CCNCC2)C2CC2)n1. The number of hydrogen-bond donors (Lipinski definition) is 1. The number of anilines is 1. The molecule has 6 nitrogen and oxygen atoms in total. The van der Waals surface area contributed by atoms with Crippen molar-refractivity contribution in [1.29, 1.82) is 0 Å². The Bertz CT molecular complexity index is 478. The van der Waals surface area contributed by atoms with Gasteiger partial charge >= 0.3 is 5.97 Å². The fourth-order valence-electron chi connectivity index (χ4n) is 2.81. The molecule has 3 rings (SSSR count). The quantitative estimate of drug-likeness (QED) is 0.807. The molecule has 0 atom stereocenters. The van der Waals surface area contributed by atoms with E-state index in [4.69, 9.17) is 9.15 Å². The van der Waals surface area contributed by atoms with Gasteiger partial charge in [-0.25, -0.2) is 4.79 Å². The molecule has 0 amide bonds. The Labute approximate surface area is 124 Å². The lowest BCUT2D eigenvalue weighted by Crippen LogP contribution is -2.37. The maximum Gasteiger partial charge on any atom is 0.360 e. The van der Waals surface area contributed by atoms with Crippen molar-refractivity contribution in [3.8, 4) is 0 Å². The van der Waals surface area contributed by atoms with Crippen LogP contribution in [-0.4, -0.2) is 43.2 Å². The maximum atomic E-state index is 11.7. The van der Waals surface area contributed by atoms with Gasteiger partial charge in [0, 0.05) is 12.6 Å². The third-order valence-electron chi connectivity index (χ3n) is 4.12. The van der Waals surface area contributed by atoms with Crippen molar-refractivity contribution in [2.45, 2.75) is 38.6 Å². The van der Waals surface area contributed by atoms with Crippen LogP contribution in [0.25, 0.3) is 0 Å². The highest BCUT2D eigenvalue weighted by Crippen LogP contribution is 2.33. The number of oxazole rings is 1. The summed E-state index contributed by atoms with van der Waals surface area (Å²) >= 11 is 0. The molecule has 0 spiro atoms. The first-order valence-corrected chi connectivity index (χ1v) is 7.88. The van der Waals surface area contributed by atoms with Gasteiger partial charge < -0.3 is 19.4 Å². The van der Waals surface area contributed by atoms with Crippen LogP contribution in [0.15, 0.2) is 10.7 Å². The number of rotatable bonds is 6. The van der Waals surface area contributed by atoms with E-state index in [2.05, 4.69) is 15.2 Å². The summed E-state index contributed by atoms with van der Waals surface area (Å²) in [6.07, 6.45) is 6.15. The third kappa shape index (κ3) is 3.56. The summed E-state index contributed by atoms with van der Waals surface area (Å²) < 4.78 is 10.5. The van der Waals surface area contributed by atoms with Gasteiger partial charge in [-0.1, -0.05) is 0 Å². The van der Waals surface area contributed by atoms with E-state index in [1.165, 1.54) is 31.9 Å². The van der Waals surface area contributed by atoms with Gasteiger partial charge in [0.1, 0.15) is 6.26 Å². The zero-order chi connectivity index (χ0) is 14.7. The second-order valence-electron chi connectivity index (χ2n) is 5.81. The number of ether oxygens (including phenoxy) is 1. The molecule has 21 heavy (non-hydrogen) atoms. The monoisotopic (exact) mass is 293 g/mol. The van der Waals surface area contributed by atoms with Crippen molar-refractivity contribution in [3.63, 3.8) is 0 Å². The lowest BCUT2D eigenvalue weighted by Gasteiger charge is -2.29. The second kappa shape index (κ2) is 6.47. The molecule has 0 unspecified atom stereocenters. The van der Waals surface area contributed by atoms with E-state index in [1.54, 1.807) is 6.92 Å². The van der Waals surface area contributed by atoms with Gasteiger partial charge in [0.2, 0.25) is 0 Å². The summed E-state index contributed by atoms with van der Waals surface area (Å²) in [5.74, 6) is 0.259. The normalized spacial score (nSPS) is 19.5. The average Bonchev–Trinajstić information content (AvgIpc) is 3.22. The molecular weight excluding hydrogens is 270 g/mol. The molecule has 116 valence electrons. The minimum absolute atomic E-state index is 0.266. The minimum atomic E-state index is -0.412. The van der Waals surface area contributed by atoms with Crippen LogP contribution in [0.2, 0.25) is 0 Å². The number of nitrogens with zero attached hydrogens (tertiary/aromatic N) is 2. The number of carbonyl (C=O) groups is 1. The van der Waals surface area contributed by atoms with Gasteiger partial charge in [-0.3, -0.25) is 0 Å². The van der Waals surface area contributed by atoms with E-state index < -0.39 is 5.97 Å². The highest BCUT2D eigenvalue weighted by Gasteiger charge is 2.34. The molecule has 0 aromatic carbocycles. The molecule has 1 aromatic rings. The zero-order valence-electron chi connectivity index (χ0n) is 12.5. The van der Waals surface area contributed by atoms with E-state index in [0.717, 1.165) is 19.6 Å². The summed E-state index contributed by atoms with van der Waals surface area (Å²) in [5.41, 5.74) is 0.266. The molecular formula is C15H23N3O3. The number of nitrogens with one attached hydrogen (secondary N) is 1. The van der Waals surface area contributed by atoms with Gasteiger partial charge in [0.25, 0.3) is 6.01 Å². The van der Waals surface area contributed by atoms with Crippen LogP contribution in [0.1, 0.15) is 43.1 Å². The van der Waals surface area contributed by atoms with E-state index in [-0.39, 0.29) is 5.69 Å². The van der Waals surface area contributed by atoms with Crippen LogP contribution >= 0.6 is 0 Å². The van der Waals surface area contributed by atoms with Crippen molar-refractivity contribution >= 4 is 12.0 Å². The van der Waals surface area contributed by atoms with Crippen LogP contribution in [0, 0.1) is 5.92 Å². The van der Waals surface area contributed by atoms with E-state index in [0.29, 0.717) is 24.6 Å². The molecule has 1 N–H and O–H groups in total. The van der Waals surface area contributed by atoms with Gasteiger partial charge in [0.15, 0.2) is 5.69 Å². The molecule has 1 aromatic heterocycles. The number of piperidine rings is 1. The molecule has 6 heteroatoms. The Morgan fingerprint density at radius 2 is 2.19 bits per heavy atom. The van der Waals surface area contributed by atoms with Crippen LogP contribution in [0.4, 0.5) is 6.01 Å². The lowest BCUT2D eigenvalue weighted by atomic mass is 9.97. The Hall–Kier alpha value is -1.56. The first-order valence-electron chi connectivity index (χ1n) is 7.88. The second-order valence-corrected chi connectivity index (χ2v) is 5.81. The standard InChI is InChI=1S/C15H23N3O3/c1-2-20-14(19)13-10-21-15(17-13)18(12-3-4-12)9-11-5-7-16-8-6-11/h10-12,16H,2-9H2,1H3. The molecule has 1 aliphatic carbocycles. The lowest BCUT2D eigenvalue weighted by molar-refractivity contribution is 0.0519. The van der Waals surface area contributed by atoms with Crippen molar-refractivity contribution in [1.82, 2.24) is 10.3 Å². The number of carbonyl (C=O) groups excluding carboxylic acids is 1. The smallest absolute Gasteiger partial charge is 0.360 e. The van der Waals surface area contributed by atoms with Crippen LogP contribution in [0.5, 0.6) is 0 Å². The van der Waals surface area contributed by atoms with Gasteiger partial charge in [-0.2, -0.15) is 4.98 Å². The third-order valence-corrected chi connectivity index (χ3v) is 4.12. The Kier molecular flexibility index (Phi) is 4.43. The number of hydrogen-bond acceptors (Lipinski definition) is 6. The zero-order valence-corrected chi connectivity index (χ0v) is 12.5. The Balaban J connectivity index is 1.67. The molecule has 1 saturated carbocycles. The molecule has 1 saturated heterocycles. The summed E-state index contributed by atoms with van der Waals surface area (Å²) in [6, 6.07) is 1.09. The molecule has 1 aliphatic heterocycles. The summed E-state index contributed by atoms with van der Waals surface area (Å²) in [6.45, 7) is 5.27. The molecule has 2 aliphatic rings. The van der Waals surface area contributed by atoms with Gasteiger partial charge in [-0.05, 0) is 51.6 Å². The number of aromatic nitrogens is 1. The summed E-state index contributed by atoms with van der Waals surface area (Å²) in [4.78, 5) is 18.2. The van der Waals surface area contributed by atoms with E-state index in [9.17, 15) is 4.79 Å². The van der Waals surface area contributed by atoms with Crippen LogP contribution < -0.4 is 10.2 Å². The predicted molar refractivity (Wildman–Crippen MR) is 78.4 cm³/mol. The fraction of sp³-hybridized carbons (Fsp3) is 0.733. The average molecular weight is 293 g/mol. The Morgan fingerprint density at radius 3 is 2.86 bits per heavy atom. The minimum Gasteiger partial charge on any atom is -0.461 e. The van der Waals surface area contributed by atoms with E-state index in [1.807, 2.05) is 0 Å². The van der Waals surface area contributed by atoms with Gasteiger partial charge in [0.05, 0.1) is 6.61 Å². The highest BCUT2D eigenvalue weighted by molar-refractivity contribution is 5.87. The molecule has 2 heterocycles. The molecule has 0 radical (unpaired) electrons. The van der Waals surface area contributed by atoms with Crippen LogP contribution in [-0.2, 0) is 4.74 Å². The fourth-order valence-corrected chi connectivity index (χ4v) is 2.81. The van der Waals surface area contributed by atoms with Crippen molar-refractivity contribution < 1.29 is 13.9 Å². The predicted octanol–water partition coefficient (Wildman–Crippen LogP) is 1.82.